The highest BCUT2D eigenvalue weighted by molar-refractivity contribution is 14.1. The lowest BCUT2D eigenvalue weighted by Crippen LogP contribution is -2.36. The summed E-state index contributed by atoms with van der Waals surface area (Å²) < 4.78 is 3.38. The maximum atomic E-state index is 12.6. The zero-order chi connectivity index (χ0) is 20.3. The van der Waals surface area contributed by atoms with Crippen molar-refractivity contribution in [3.05, 3.63) is 55.9 Å². The van der Waals surface area contributed by atoms with Crippen molar-refractivity contribution in [1.82, 2.24) is 9.88 Å². The Bertz CT molecular complexity index is 959. The van der Waals surface area contributed by atoms with Crippen molar-refractivity contribution in [1.29, 1.82) is 5.26 Å². The molecule has 0 bridgehead atoms. The molecule has 1 fully saturated rings. The van der Waals surface area contributed by atoms with Crippen LogP contribution >= 0.6 is 22.6 Å². The van der Waals surface area contributed by atoms with Crippen LogP contribution in [0, 0.1) is 35.7 Å². The Morgan fingerprint density at radius 2 is 1.93 bits per heavy atom. The molecule has 1 heterocycles. The van der Waals surface area contributed by atoms with Crippen LogP contribution in [0.25, 0.3) is 11.8 Å². The van der Waals surface area contributed by atoms with Gasteiger partial charge in [0.15, 0.2) is 0 Å². The Labute approximate surface area is 180 Å². The van der Waals surface area contributed by atoms with Gasteiger partial charge in [0.05, 0.1) is 0 Å². The van der Waals surface area contributed by atoms with Crippen molar-refractivity contribution in [2.24, 2.45) is 0 Å². The fourth-order valence-electron chi connectivity index (χ4n) is 3.87. The second kappa shape index (κ2) is 8.95. The van der Waals surface area contributed by atoms with Crippen molar-refractivity contribution in [2.45, 2.75) is 58.9 Å². The Kier molecular flexibility index (Phi) is 6.61. The zero-order valence-electron chi connectivity index (χ0n) is 16.7. The molecule has 4 nitrogen and oxygen atoms in total. The number of carbonyl (C=O) groups is 1. The highest BCUT2D eigenvalue weighted by Gasteiger charge is 2.19. The van der Waals surface area contributed by atoms with E-state index in [1.165, 1.54) is 15.6 Å². The molecular formula is C23H26IN3O. The van der Waals surface area contributed by atoms with Gasteiger partial charge in [-0.3, -0.25) is 4.79 Å². The van der Waals surface area contributed by atoms with Crippen LogP contribution in [-0.2, 0) is 4.79 Å². The van der Waals surface area contributed by atoms with Crippen LogP contribution in [0.2, 0.25) is 0 Å². The fourth-order valence-corrected chi connectivity index (χ4v) is 4.36. The number of aromatic nitrogens is 1. The monoisotopic (exact) mass is 487 g/mol. The maximum absolute atomic E-state index is 12.6. The zero-order valence-corrected chi connectivity index (χ0v) is 18.8. The predicted molar refractivity (Wildman–Crippen MR) is 121 cm³/mol. The molecule has 3 rings (SSSR count). The minimum Gasteiger partial charge on any atom is -0.349 e. The van der Waals surface area contributed by atoms with Crippen molar-refractivity contribution in [3.8, 4) is 11.8 Å². The Hall–Kier alpha value is -2.07. The van der Waals surface area contributed by atoms with Gasteiger partial charge in [0.25, 0.3) is 5.91 Å². The molecule has 2 aromatic rings. The summed E-state index contributed by atoms with van der Waals surface area (Å²) in [6.07, 6.45) is 7.25. The summed E-state index contributed by atoms with van der Waals surface area (Å²) in [5, 5.41) is 12.6. The number of hydrogen-bond donors (Lipinski definition) is 1. The molecule has 146 valence electrons. The van der Waals surface area contributed by atoms with Gasteiger partial charge < -0.3 is 9.88 Å². The van der Waals surface area contributed by atoms with E-state index in [0.29, 0.717) is 0 Å². The molecule has 1 saturated carbocycles. The minimum atomic E-state index is -0.260. The maximum Gasteiger partial charge on any atom is 0.262 e. The van der Waals surface area contributed by atoms with Gasteiger partial charge >= 0.3 is 0 Å². The third-order valence-corrected chi connectivity index (χ3v) is 6.65. The van der Waals surface area contributed by atoms with Crippen LogP contribution in [0.1, 0.15) is 54.6 Å². The fraction of sp³-hybridized carbons (Fsp3) is 0.391. The lowest BCUT2D eigenvalue weighted by Gasteiger charge is -2.22. The lowest BCUT2D eigenvalue weighted by molar-refractivity contribution is -0.117. The van der Waals surface area contributed by atoms with Crippen molar-refractivity contribution >= 4 is 34.6 Å². The number of hydrogen-bond acceptors (Lipinski definition) is 2. The average Bonchev–Trinajstić information content (AvgIpc) is 2.96. The van der Waals surface area contributed by atoms with E-state index in [-0.39, 0.29) is 17.5 Å². The summed E-state index contributed by atoms with van der Waals surface area (Å²) in [6.45, 7) is 6.17. The summed E-state index contributed by atoms with van der Waals surface area (Å²) >= 11 is 2.35. The van der Waals surface area contributed by atoms with Gasteiger partial charge in [0, 0.05) is 26.7 Å². The third-order valence-electron chi connectivity index (χ3n) is 5.49. The second-order valence-electron chi connectivity index (χ2n) is 7.57. The molecule has 1 aromatic carbocycles. The van der Waals surface area contributed by atoms with E-state index in [0.717, 1.165) is 48.3 Å². The van der Waals surface area contributed by atoms with E-state index in [2.05, 4.69) is 63.7 Å². The Morgan fingerprint density at radius 3 is 2.57 bits per heavy atom. The minimum absolute atomic E-state index is 0.171. The molecule has 1 aromatic heterocycles. The summed E-state index contributed by atoms with van der Waals surface area (Å²) in [7, 11) is 0. The lowest BCUT2D eigenvalue weighted by atomic mass is 9.95. The first-order valence-electron chi connectivity index (χ1n) is 9.79. The average molecular weight is 487 g/mol. The predicted octanol–water partition coefficient (Wildman–Crippen LogP) is 5.36. The first-order valence-corrected chi connectivity index (χ1v) is 10.9. The van der Waals surface area contributed by atoms with Gasteiger partial charge in [-0.1, -0.05) is 25.3 Å². The number of carbonyl (C=O) groups excluding carboxylic acids is 1. The molecule has 0 atom stereocenters. The summed E-state index contributed by atoms with van der Waals surface area (Å²) in [4.78, 5) is 12.6. The molecule has 1 amide bonds. The molecule has 1 aliphatic carbocycles. The van der Waals surface area contributed by atoms with E-state index in [4.69, 9.17) is 0 Å². The quantitative estimate of drug-likeness (QED) is 0.359. The summed E-state index contributed by atoms with van der Waals surface area (Å²) in [5.41, 5.74) is 5.52. The van der Waals surface area contributed by atoms with E-state index < -0.39 is 0 Å². The van der Waals surface area contributed by atoms with E-state index in [9.17, 15) is 10.1 Å². The normalized spacial score (nSPS) is 15.3. The Morgan fingerprint density at radius 1 is 1.21 bits per heavy atom. The highest BCUT2D eigenvalue weighted by Crippen LogP contribution is 2.25. The molecule has 0 spiro atoms. The largest absolute Gasteiger partial charge is 0.349 e. The molecule has 0 unspecified atom stereocenters. The van der Waals surface area contributed by atoms with Crippen LogP contribution in [0.5, 0.6) is 0 Å². The van der Waals surface area contributed by atoms with Gasteiger partial charge in [0.1, 0.15) is 11.6 Å². The number of nitrogens with one attached hydrogen (secondary N) is 1. The van der Waals surface area contributed by atoms with Crippen molar-refractivity contribution in [3.63, 3.8) is 0 Å². The van der Waals surface area contributed by atoms with Gasteiger partial charge in [-0.05, 0) is 91.6 Å². The second-order valence-corrected chi connectivity index (χ2v) is 8.74. The van der Waals surface area contributed by atoms with Gasteiger partial charge in [0.2, 0.25) is 0 Å². The van der Waals surface area contributed by atoms with Crippen molar-refractivity contribution < 1.29 is 4.79 Å². The summed E-state index contributed by atoms with van der Waals surface area (Å²) in [6, 6.07) is 10.7. The van der Waals surface area contributed by atoms with Gasteiger partial charge in [-0.2, -0.15) is 5.26 Å². The van der Waals surface area contributed by atoms with E-state index in [1.807, 2.05) is 19.9 Å². The number of aryl methyl sites for hydroxylation is 2. The molecule has 1 aliphatic rings. The number of nitriles is 1. The van der Waals surface area contributed by atoms with E-state index >= 15 is 0 Å². The van der Waals surface area contributed by atoms with Crippen LogP contribution in [0.15, 0.2) is 29.8 Å². The van der Waals surface area contributed by atoms with Crippen LogP contribution in [0.3, 0.4) is 0 Å². The third kappa shape index (κ3) is 4.49. The number of benzene rings is 1. The Balaban J connectivity index is 1.89. The molecular weight excluding hydrogens is 461 g/mol. The highest BCUT2D eigenvalue weighted by atomic mass is 127. The first kappa shape index (κ1) is 20.7. The first-order chi connectivity index (χ1) is 13.4. The van der Waals surface area contributed by atoms with E-state index in [1.54, 1.807) is 6.08 Å². The topological polar surface area (TPSA) is 57.8 Å². The molecule has 0 radical (unpaired) electrons. The van der Waals surface area contributed by atoms with Crippen LogP contribution in [-0.4, -0.2) is 16.5 Å². The standard InChI is InChI=1S/C23H26IN3O/c1-15-9-10-21(13-22(15)24)27-16(2)11-18(17(27)3)12-19(14-25)23(28)26-20-7-5-4-6-8-20/h9-13,20H,4-8H2,1-3H3,(H,26,28)/b19-12+. The number of amides is 1. The number of rotatable bonds is 4. The van der Waals surface area contributed by atoms with Crippen LogP contribution in [0.4, 0.5) is 0 Å². The number of halogens is 1. The van der Waals surface area contributed by atoms with Gasteiger partial charge in [-0.25, -0.2) is 0 Å². The smallest absolute Gasteiger partial charge is 0.262 e. The number of nitrogens with zero attached hydrogens (tertiary/aromatic N) is 2. The SMILES string of the molecule is Cc1ccc(-n2c(C)cc(/C=C(\C#N)C(=O)NC3CCCCC3)c2C)cc1I. The van der Waals surface area contributed by atoms with Gasteiger partial charge in [-0.15, -0.1) is 0 Å². The summed E-state index contributed by atoms with van der Waals surface area (Å²) in [5.74, 6) is -0.260. The molecule has 0 aliphatic heterocycles. The molecule has 5 heteroatoms. The van der Waals surface area contributed by atoms with Crippen molar-refractivity contribution in [2.75, 3.05) is 0 Å². The molecule has 1 N–H and O–H groups in total. The molecule has 28 heavy (non-hydrogen) atoms. The van der Waals surface area contributed by atoms with Crippen LogP contribution < -0.4 is 5.32 Å². The molecule has 0 saturated heterocycles.